The molecule has 1 unspecified atom stereocenters. The number of nitrogens with zero attached hydrogens (tertiary/aromatic N) is 4. The minimum absolute atomic E-state index is 0.179. The lowest BCUT2D eigenvalue weighted by molar-refractivity contribution is -0.136. The summed E-state index contributed by atoms with van der Waals surface area (Å²) in [6, 6.07) is 10.4. The molecule has 180 valence electrons. The van der Waals surface area contributed by atoms with Crippen LogP contribution in [0.2, 0.25) is 0 Å². The van der Waals surface area contributed by atoms with Crippen molar-refractivity contribution in [1.29, 1.82) is 5.26 Å². The third-order valence-electron chi connectivity index (χ3n) is 7.08. The summed E-state index contributed by atoms with van der Waals surface area (Å²) in [5.41, 5.74) is 4.14. The molecule has 0 aromatic heterocycles. The van der Waals surface area contributed by atoms with E-state index in [1.54, 1.807) is 6.07 Å². The van der Waals surface area contributed by atoms with Crippen LogP contribution < -0.4 is 10.2 Å². The molecule has 0 saturated carbocycles. The molecule has 8 nitrogen and oxygen atoms in total. The highest BCUT2D eigenvalue weighted by Crippen LogP contribution is 2.33. The van der Waals surface area contributed by atoms with E-state index in [9.17, 15) is 19.6 Å². The van der Waals surface area contributed by atoms with Crippen molar-refractivity contribution in [2.45, 2.75) is 38.9 Å². The van der Waals surface area contributed by atoms with Gasteiger partial charge in [0.05, 0.1) is 17.3 Å². The number of carbonyl (C=O) groups is 3. The Bertz CT molecular complexity index is 1260. The summed E-state index contributed by atoms with van der Waals surface area (Å²) >= 11 is 0. The Labute approximate surface area is 202 Å². The van der Waals surface area contributed by atoms with E-state index < -0.39 is 17.8 Å². The second kappa shape index (κ2) is 9.12. The molecule has 0 radical (unpaired) electrons. The van der Waals surface area contributed by atoms with Gasteiger partial charge in [-0.15, -0.1) is 0 Å². The van der Waals surface area contributed by atoms with E-state index in [1.165, 1.54) is 11.0 Å². The van der Waals surface area contributed by atoms with Gasteiger partial charge in [-0.2, -0.15) is 5.26 Å². The molecule has 1 atom stereocenters. The first-order chi connectivity index (χ1) is 16.8. The highest BCUT2D eigenvalue weighted by molar-refractivity contribution is 6.05. The van der Waals surface area contributed by atoms with Gasteiger partial charge in [-0.05, 0) is 48.2 Å². The van der Waals surface area contributed by atoms with Crippen LogP contribution >= 0.6 is 0 Å². The van der Waals surface area contributed by atoms with Gasteiger partial charge in [0.2, 0.25) is 11.8 Å². The van der Waals surface area contributed by atoms with Gasteiger partial charge in [0.15, 0.2) is 0 Å². The second-order valence-corrected chi connectivity index (χ2v) is 9.40. The summed E-state index contributed by atoms with van der Waals surface area (Å²) in [6.45, 7) is 5.53. The largest absolute Gasteiger partial charge is 0.367 e. The van der Waals surface area contributed by atoms with E-state index >= 15 is 4.39 Å². The number of piperazine rings is 1. The maximum Gasteiger partial charge on any atom is 0.255 e. The van der Waals surface area contributed by atoms with Gasteiger partial charge in [-0.1, -0.05) is 12.1 Å². The Kier molecular flexibility index (Phi) is 5.99. The molecule has 3 aliphatic rings. The highest BCUT2D eigenvalue weighted by atomic mass is 19.1. The molecule has 2 aromatic carbocycles. The Morgan fingerprint density at radius 1 is 1.11 bits per heavy atom. The molecule has 9 heteroatoms. The van der Waals surface area contributed by atoms with Crippen molar-refractivity contribution in [1.82, 2.24) is 15.1 Å². The average molecular weight is 476 g/mol. The third-order valence-corrected chi connectivity index (χ3v) is 7.08. The van der Waals surface area contributed by atoms with Gasteiger partial charge in [0.1, 0.15) is 11.9 Å². The molecular weight excluding hydrogens is 449 g/mol. The van der Waals surface area contributed by atoms with E-state index in [2.05, 4.69) is 16.3 Å². The zero-order valence-electron chi connectivity index (χ0n) is 19.5. The fourth-order valence-electron chi connectivity index (χ4n) is 5.14. The number of amides is 3. The number of hydrogen-bond acceptors (Lipinski definition) is 6. The molecule has 5 rings (SSSR count). The first-order valence-electron chi connectivity index (χ1n) is 11.8. The fourth-order valence-corrected chi connectivity index (χ4v) is 5.14. The lowest BCUT2D eigenvalue weighted by atomic mass is 10.0. The van der Waals surface area contributed by atoms with E-state index in [0.29, 0.717) is 36.4 Å². The first kappa shape index (κ1) is 23.0. The summed E-state index contributed by atoms with van der Waals surface area (Å²) in [5.74, 6) is -1.65. The lowest BCUT2D eigenvalue weighted by Crippen LogP contribution is -2.52. The van der Waals surface area contributed by atoms with Gasteiger partial charge in [0, 0.05) is 51.3 Å². The number of fused-ring (bicyclic) bond motifs is 1. The van der Waals surface area contributed by atoms with E-state index in [4.69, 9.17) is 0 Å². The molecule has 2 saturated heterocycles. The van der Waals surface area contributed by atoms with Crippen molar-refractivity contribution >= 4 is 23.4 Å². The number of nitrogens with one attached hydrogen (secondary N) is 1. The number of nitriles is 1. The predicted molar refractivity (Wildman–Crippen MR) is 126 cm³/mol. The Balaban J connectivity index is 1.27. The molecule has 0 bridgehead atoms. The van der Waals surface area contributed by atoms with Crippen molar-refractivity contribution in [3.63, 3.8) is 0 Å². The minimum atomic E-state index is -0.720. The number of rotatable bonds is 4. The standard InChI is InChI=1S/C26H26FN5O3/c1-16-2-3-17(18(10-16)13-28)14-30-6-8-31(9-7-30)23-11-19-15-32(26(35)20(19)12-21(23)27)22-4-5-24(33)29-25(22)34/h2-3,10-12,22H,4-9,14-15H2,1H3,(H,29,33,34). The number of aryl methyl sites for hydroxylation is 1. The van der Waals surface area contributed by atoms with Crippen LogP contribution in [0.25, 0.3) is 0 Å². The van der Waals surface area contributed by atoms with Crippen molar-refractivity contribution in [3.05, 3.63) is 64.0 Å². The number of piperidine rings is 1. The highest BCUT2D eigenvalue weighted by Gasteiger charge is 2.40. The molecule has 0 spiro atoms. The van der Waals surface area contributed by atoms with Gasteiger partial charge in [-0.25, -0.2) is 4.39 Å². The van der Waals surface area contributed by atoms with Crippen molar-refractivity contribution in [2.75, 3.05) is 31.1 Å². The third kappa shape index (κ3) is 4.37. The van der Waals surface area contributed by atoms with Gasteiger partial charge < -0.3 is 9.80 Å². The molecule has 1 N–H and O–H groups in total. The average Bonchev–Trinajstić information content (AvgIpc) is 3.15. The predicted octanol–water partition coefficient (Wildman–Crippen LogP) is 2.09. The zero-order valence-corrected chi connectivity index (χ0v) is 19.5. The Hall–Kier alpha value is -3.77. The smallest absolute Gasteiger partial charge is 0.255 e. The van der Waals surface area contributed by atoms with Gasteiger partial charge in [0.25, 0.3) is 5.91 Å². The van der Waals surface area contributed by atoms with Crippen LogP contribution in [0.5, 0.6) is 0 Å². The van der Waals surface area contributed by atoms with Crippen LogP contribution in [-0.2, 0) is 22.7 Å². The van der Waals surface area contributed by atoms with Crippen molar-refractivity contribution < 1.29 is 18.8 Å². The number of hydrogen-bond donors (Lipinski definition) is 1. The Morgan fingerprint density at radius 2 is 1.89 bits per heavy atom. The topological polar surface area (TPSA) is 96.8 Å². The molecule has 3 amide bonds. The van der Waals surface area contributed by atoms with E-state index in [0.717, 1.165) is 24.2 Å². The number of benzene rings is 2. The van der Waals surface area contributed by atoms with Crippen LogP contribution in [0.4, 0.5) is 10.1 Å². The van der Waals surface area contributed by atoms with Crippen LogP contribution in [0.15, 0.2) is 30.3 Å². The summed E-state index contributed by atoms with van der Waals surface area (Å²) in [5, 5.41) is 11.7. The van der Waals surface area contributed by atoms with Gasteiger partial charge >= 0.3 is 0 Å². The SMILES string of the molecule is Cc1ccc(CN2CCN(c3cc4c(cc3F)C(=O)N(C3CCC(=O)NC3=O)C4)CC2)c(C#N)c1. The number of carbonyl (C=O) groups excluding carboxylic acids is 3. The minimum Gasteiger partial charge on any atom is -0.367 e. The molecule has 3 aliphatic heterocycles. The fraction of sp³-hybridized carbons (Fsp3) is 0.385. The quantitative estimate of drug-likeness (QED) is 0.681. The number of imide groups is 1. The van der Waals surface area contributed by atoms with Crippen LogP contribution in [0.3, 0.4) is 0 Å². The molecule has 35 heavy (non-hydrogen) atoms. The molecule has 2 fully saturated rings. The first-order valence-corrected chi connectivity index (χ1v) is 11.8. The molecule has 0 aliphatic carbocycles. The normalized spacial score (nSPS) is 20.6. The second-order valence-electron chi connectivity index (χ2n) is 9.40. The summed E-state index contributed by atoms with van der Waals surface area (Å²) < 4.78 is 15.1. The monoisotopic (exact) mass is 475 g/mol. The summed E-state index contributed by atoms with van der Waals surface area (Å²) in [4.78, 5) is 42.3. The molecular formula is C26H26FN5O3. The van der Waals surface area contributed by atoms with Crippen LogP contribution in [-0.4, -0.2) is 59.7 Å². The number of anilines is 1. The van der Waals surface area contributed by atoms with E-state index in [1.807, 2.05) is 30.0 Å². The lowest BCUT2D eigenvalue weighted by Gasteiger charge is -2.36. The van der Waals surface area contributed by atoms with E-state index in [-0.39, 0.29) is 36.8 Å². The maximum absolute atomic E-state index is 15.1. The summed E-state index contributed by atoms with van der Waals surface area (Å²) in [7, 11) is 0. The van der Waals surface area contributed by atoms with Crippen molar-refractivity contribution in [2.24, 2.45) is 0 Å². The van der Waals surface area contributed by atoms with Crippen LogP contribution in [0, 0.1) is 24.1 Å². The number of halogens is 1. The molecule has 3 heterocycles. The summed E-state index contributed by atoms with van der Waals surface area (Å²) in [6.07, 6.45) is 0.453. The van der Waals surface area contributed by atoms with Crippen molar-refractivity contribution in [3.8, 4) is 6.07 Å². The Morgan fingerprint density at radius 3 is 2.60 bits per heavy atom. The van der Waals surface area contributed by atoms with Gasteiger partial charge in [-0.3, -0.25) is 24.6 Å². The molecule has 2 aromatic rings. The maximum atomic E-state index is 15.1. The zero-order chi connectivity index (χ0) is 24.7. The van der Waals surface area contributed by atoms with Crippen LogP contribution in [0.1, 0.15) is 45.5 Å².